The van der Waals surface area contributed by atoms with Crippen LogP contribution in [0.3, 0.4) is 0 Å². The van der Waals surface area contributed by atoms with Gasteiger partial charge in [0.2, 0.25) is 0 Å². The lowest BCUT2D eigenvalue weighted by Gasteiger charge is -2.22. The topological polar surface area (TPSA) is 3.24 Å². The van der Waals surface area contributed by atoms with E-state index in [4.69, 9.17) is 0 Å². The van der Waals surface area contributed by atoms with Crippen LogP contribution < -0.4 is 4.90 Å². The Hall–Kier alpha value is -1.42. The fourth-order valence-electron chi connectivity index (χ4n) is 1.85. The Labute approximate surface area is 113 Å². The van der Waals surface area contributed by atoms with Crippen LogP contribution >= 0.6 is 15.9 Å². The smallest absolute Gasteiger partial charge is 0.146 e. The molecule has 0 aliphatic rings. The van der Waals surface area contributed by atoms with E-state index in [0.29, 0.717) is 22.3 Å². The number of anilines is 2. The zero-order valence-electron chi connectivity index (χ0n) is 9.83. The lowest BCUT2D eigenvalue weighted by Crippen LogP contribution is -2.13. The lowest BCUT2D eigenvalue weighted by molar-refractivity contribution is 0.615. The molecule has 0 atom stereocenters. The fourth-order valence-corrected chi connectivity index (χ4v) is 2.40. The first-order chi connectivity index (χ1) is 8.65. The van der Waals surface area contributed by atoms with Crippen molar-refractivity contribution in [2.24, 2.45) is 0 Å². The summed E-state index contributed by atoms with van der Waals surface area (Å²) in [5, 5.41) is 0.383. The highest BCUT2D eigenvalue weighted by Gasteiger charge is 2.14. The second-order valence-corrected chi connectivity index (χ2v) is 4.44. The van der Waals surface area contributed by atoms with Crippen LogP contribution in [0.5, 0.6) is 0 Å². The van der Waals surface area contributed by atoms with Gasteiger partial charge in [-0.05, 0) is 24.3 Å². The zero-order valence-corrected chi connectivity index (χ0v) is 11.4. The molecule has 0 amide bonds. The molecule has 94 valence electrons. The van der Waals surface area contributed by atoms with E-state index >= 15 is 0 Å². The summed E-state index contributed by atoms with van der Waals surface area (Å²) in [5.41, 5.74) is 1.59. The Morgan fingerprint density at radius 3 is 2.22 bits per heavy atom. The van der Waals surface area contributed by atoms with Crippen LogP contribution in [-0.2, 0) is 5.33 Å². The van der Waals surface area contributed by atoms with E-state index in [1.165, 1.54) is 12.1 Å². The first kappa shape index (κ1) is 13.0. The summed E-state index contributed by atoms with van der Waals surface area (Å²) in [6, 6.07) is 11.2. The summed E-state index contributed by atoms with van der Waals surface area (Å²) >= 11 is 3.26. The SMILES string of the molecule is CN(c1ccccc1F)c1cccc(F)c1CBr. The van der Waals surface area contributed by atoms with Gasteiger partial charge >= 0.3 is 0 Å². The van der Waals surface area contributed by atoms with Gasteiger partial charge in [-0.15, -0.1) is 0 Å². The molecule has 18 heavy (non-hydrogen) atoms. The van der Waals surface area contributed by atoms with Gasteiger partial charge in [0.15, 0.2) is 0 Å². The molecular weight excluding hydrogens is 300 g/mol. The molecule has 0 saturated heterocycles. The third kappa shape index (κ3) is 2.38. The van der Waals surface area contributed by atoms with Crippen molar-refractivity contribution >= 4 is 27.3 Å². The number of nitrogens with zero attached hydrogens (tertiary/aromatic N) is 1. The van der Waals surface area contributed by atoms with E-state index in [1.807, 2.05) is 0 Å². The Bertz CT molecular complexity index is 557. The van der Waals surface area contributed by atoms with Crippen molar-refractivity contribution in [3.05, 3.63) is 59.7 Å². The zero-order chi connectivity index (χ0) is 13.1. The molecule has 4 heteroatoms. The van der Waals surface area contributed by atoms with Crippen molar-refractivity contribution < 1.29 is 8.78 Å². The van der Waals surface area contributed by atoms with Gasteiger partial charge in [0.1, 0.15) is 11.6 Å². The van der Waals surface area contributed by atoms with Gasteiger partial charge in [-0.2, -0.15) is 0 Å². The molecule has 2 aromatic rings. The fraction of sp³-hybridized carbons (Fsp3) is 0.143. The maximum absolute atomic E-state index is 13.7. The van der Waals surface area contributed by atoms with E-state index in [2.05, 4.69) is 15.9 Å². The number of para-hydroxylation sites is 1. The molecule has 1 nitrogen and oxygen atoms in total. The Balaban J connectivity index is 2.50. The van der Waals surface area contributed by atoms with Crippen LogP contribution in [0.15, 0.2) is 42.5 Å². The summed E-state index contributed by atoms with van der Waals surface area (Å²) in [4.78, 5) is 1.65. The van der Waals surface area contributed by atoms with Gasteiger partial charge in [0.25, 0.3) is 0 Å². The van der Waals surface area contributed by atoms with E-state index in [1.54, 1.807) is 42.3 Å². The molecule has 0 unspecified atom stereocenters. The van der Waals surface area contributed by atoms with Gasteiger partial charge in [-0.3, -0.25) is 0 Å². The minimum atomic E-state index is -0.329. The largest absolute Gasteiger partial charge is 0.342 e. The summed E-state index contributed by atoms with van der Waals surface area (Å²) in [5.74, 6) is -0.627. The molecule has 0 spiro atoms. The third-order valence-corrected chi connectivity index (χ3v) is 3.36. The monoisotopic (exact) mass is 311 g/mol. The molecule has 0 fully saturated rings. The summed E-state index contributed by atoms with van der Waals surface area (Å²) in [7, 11) is 1.72. The minimum Gasteiger partial charge on any atom is -0.342 e. The van der Waals surface area contributed by atoms with E-state index in [-0.39, 0.29) is 11.6 Å². The second-order valence-electron chi connectivity index (χ2n) is 3.88. The Morgan fingerprint density at radius 1 is 0.944 bits per heavy atom. The van der Waals surface area contributed by atoms with E-state index < -0.39 is 0 Å². The van der Waals surface area contributed by atoms with Crippen LogP contribution in [-0.4, -0.2) is 7.05 Å². The van der Waals surface area contributed by atoms with Gasteiger partial charge in [0.05, 0.1) is 5.69 Å². The predicted molar refractivity (Wildman–Crippen MR) is 73.5 cm³/mol. The van der Waals surface area contributed by atoms with Crippen molar-refractivity contribution in [1.82, 2.24) is 0 Å². The van der Waals surface area contributed by atoms with Gasteiger partial charge < -0.3 is 4.90 Å². The van der Waals surface area contributed by atoms with Crippen LogP contribution in [0.25, 0.3) is 0 Å². The summed E-state index contributed by atoms with van der Waals surface area (Å²) in [6.45, 7) is 0. The van der Waals surface area contributed by atoms with Crippen molar-refractivity contribution in [1.29, 1.82) is 0 Å². The first-order valence-corrected chi connectivity index (χ1v) is 6.59. The van der Waals surface area contributed by atoms with Crippen molar-refractivity contribution in [2.45, 2.75) is 5.33 Å². The quantitative estimate of drug-likeness (QED) is 0.747. The highest BCUT2D eigenvalue weighted by atomic mass is 79.9. The molecule has 0 heterocycles. The average Bonchev–Trinajstić information content (AvgIpc) is 2.38. The molecule has 2 aromatic carbocycles. The van der Waals surface area contributed by atoms with Gasteiger partial charge in [-0.25, -0.2) is 8.78 Å². The van der Waals surface area contributed by atoms with Gasteiger partial charge in [0, 0.05) is 23.6 Å². The first-order valence-electron chi connectivity index (χ1n) is 5.46. The standard InChI is InChI=1S/C14H12BrF2N/c1-18(14-7-3-2-5-12(14)17)13-8-4-6-11(16)10(13)9-15/h2-8H,9H2,1H3. The van der Waals surface area contributed by atoms with Gasteiger partial charge in [-0.1, -0.05) is 34.1 Å². The third-order valence-electron chi connectivity index (χ3n) is 2.80. The lowest BCUT2D eigenvalue weighted by atomic mass is 10.1. The normalized spacial score (nSPS) is 10.4. The van der Waals surface area contributed by atoms with Crippen LogP contribution in [0.4, 0.5) is 20.2 Å². The van der Waals surface area contributed by atoms with Crippen LogP contribution in [0.2, 0.25) is 0 Å². The molecule has 2 rings (SSSR count). The predicted octanol–water partition coefficient (Wildman–Crippen LogP) is 4.63. The number of hydrogen-bond donors (Lipinski definition) is 0. The maximum Gasteiger partial charge on any atom is 0.146 e. The number of rotatable bonds is 3. The highest BCUT2D eigenvalue weighted by molar-refractivity contribution is 9.08. The Morgan fingerprint density at radius 2 is 1.56 bits per heavy atom. The number of benzene rings is 2. The summed E-state index contributed by atoms with van der Waals surface area (Å²) < 4.78 is 27.4. The molecule has 0 aromatic heterocycles. The number of halogens is 3. The van der Waals surface area contributed by atoms with E-state index in [0.717, 1.165) is 0 Å². The average molecular weight is 312 g/mol. The molecule has 0 aliphatic heterocycles. The molecule has 0 N–H and O–H groups in total. The van der Waals surface area contributed by atoms with Crippen molar-refractivity contribution in [2.75, 3.05) is 11.9 Å². The van der Waals surface area contributed by atoms with E-state index in [9.17, 15) is 8.78 Å². The van der Waals surface area contributed by atoms with Crippen molar-refractivity contribution in [3.63, 3.8) is 0 Å². The molecule has 0 saturated carbocycles. The summed E-state index contributed by atoms with van der Waals surface area (Å²) in [6.07, 6.45) is 0. The van der Waals surface area contributed by atoms with Crippen LogP contribution in [0.1, 0.15) is 5.56 Å². The second kappa shape index (κ2) is 5.48. The highest BCUT2D eigenvalue weighted by Crippen LogP contribution is 2.31. The molecule has 0 radical (unpaired) electrons. The van der Waals surface area contributed by atoms with Crippen molar-refractivity contribution in [3.8, 4) is 0 Å². The van der Waals surface area contributed by atoms with Crippen LogP contribution in [0, 0.1) is 11.6 Å². The number of hydrogen-bond acceptors (Lipinski definition) is 1. The Kier molecular flexibility index (Phi) is 3.97. The minimum absolute atomic E-state index is 0.299. The molecule has 0 aliphatic carbocycles. The molecular formula is C14H12BrF2N. The maximum atomic E-state index is 13.7. The number of alkyl halides is 1. The molecule has 0 bridgehead atoms.